The second kappa shape index (κ2) is 5.07. The highest BCUT2D eigenvalue weighted by Crippen LogP contribution is 2.25. The monoisotopic (exact) mass is 287 g/mol. The lowest BCUT2D eigenvalue weighted by molar-refractivity contribution is 0.111. The van der Waals surface area contributed by atoms with Crippen molar-refractivity contribution in [2.24, 2.45) is 0 Å². The molecule has 0 aliphatic heterocycles. The number of aromatic nitrogens is 3. The predicted octanol–water partition coefficient (Wildman–Crippen LogP) is 3.45. The first-order valence-corrected chi connectivity index (χ1v) is 7.10. The van der Waals surface area contributed by atoms with Crippen molar-refractivity contribution in [2.45, 2.75) is 6.54 Å². The highest BCUT2D eigenvalue weighted by atomic mass is 16.1. The summed E-state index contributed by atoms with van der Waals surface area (Å²) < 4.78 is 1.95. The van der Waals surface area contributed by atoms with Crippen molar-refractivity contribution in [3.8, 4) is 0 Å². The van der Waals surface area contributed by atoms with Crippen LogP contribution in [0.1, 0.15) is 16.2 Å². The van der Waals surface area contributed by atoms with Gasteiger partial charge in [-0.15, -0.1) is 0 Å². The summed E-state index contributed by atoms with van der Waals surface area (Å²) in [6.07, 6.45) is 2.57. The third kappa shape index (κ3) is 1.97. The Morgan fingerprint density at radius 3 is 2.68 bits per heavy atom. The number of carbonyl (C=O) groups is 1. The summed E-state index contributed by atoms with van der Waals surface area (Å²) in [5.41, 5.74) is 3.79. The Morgan fingerprint density at radius 1 is 1.00 bits per heavy atom. The van der Waals surface area contributed by atoms with Gasteiger partial charge in [-0.25, -0.2) is 4.98 Å². The molecule has 0 unspecified atom stereocenters. The van der Waals surface area contributed by atoms with E-state index in [9.17, 15) is 4.79 Å². The molecule has 0 bridgehead atoms. The fourth-order valence-electron chi connectivity index (χ4n) is 2.78. The normalized spacial score (nSPS) is 11.1. The first-order valence-electron chi connectivity index (χ1n) is 7.10. The molecule has 4 nitrogen and oxygen atoms in total. The van der Waals surface area contributed by atoms with Crippen LogP contribution < -0.4 is 0 Å². The summed E-state index contributed by atoms with van der Waals surface area (Å²) in [4.78, 5) is 20.3. The van der Waals surface area contributed by atoms with E-state index in [1.165, 1.54) is 0 Å². The lowest BCUT2D eigenvalue weighted by atomic mass is 10.2. The van der Waals surface area contributed by atoms with E-state index in [4.69, 9.17) is 0 Å². The van der Waals surface area contributed by atoms with Crippen LogP contribution in [0.15, 0.2) is 60.8 Å². The molecule has 2 aromatic heterocycles. The van der Waals surface area contributed by atoms with Gasteiger partial charge in [-0.3, -0.25) is 9.78 Å². The number of carbonyl (C=O) groups excluding carboxylic acids is 1. The van der Waals surface area contributed by atoms with Crippen molar-refractivity contribution in [3.05, 3.63) is 72.2 Å². The molecule has 106 valence electrons. The molecule has 0 N–H and O–H groups in total. The third-order valence-corrected chi connectivity index (χ3v) is 3.82. The van der Waals surface area contributed by atoms with E-state index in [0.29, 0.717) is 12.4 Å². The van der Waals surface area contributed by atoms with Crippen LogP contribution in [0.4, 0.5) is 0 Å². The minimum absolute atomic E-state index is 0.440. The van der Waals surface area contributed by atoms with E-state index in [2.05, 4.69) is 9.97 Å². The average molecular weight is 287 g/mol. The number of benzene rings is 2. The van der Waals surface area contributed by atoms with Crippen LogP contribution in [0.3, 0.4) is 0 Å². The zero-order chi connectivity index (χ0) is 14.9. The van der Waals surface area contributed by atoms with Gasteiger partial charge in [-0.2, -0.15) is 0 Å². The number of hydrogen-bond acceptors (Lipinski definition) is 3. The molecule has 22 heavy (non-hydrogen) atoms. The van der Waals surface area contributed by atoms with Gasteiger partial charge in [0.1, 0.15) is 0 Å². The van der Waals surface area contributed by atoms with E-state index in [0.717, 1.165) is 33.8 Å². The molecule has 4 rings (SSSR count). The van der Waals surface area contributed by atoms with Gasteiger partial charge < -0.3 is 4.57 Å². The maximum atomic E-state index is 11.4. The van der Waals surface area contributed by atoms with Crippen LogP contribution in [-0.4, -0.2) is 20.8 Å². The van der Waals surface area contributed by atoms with Crippen LogP contribution in [0.5, 0.6) is 0 Å². The smallest absolute Gasteiger partial charge is 0.185 e. The number of nitrogens with zero attached hydrogens (tertiary/aromatic N) is 3. The van der Waals surface area contributed by atoms with Gasteiger partial charge >= 0.3 is 0 Å². The van der Waals surface area contributed by atoms with Crippen LogP contribution in [0.25, 0.3) is 21.9 Å². The Balaban J connectivity index is 1.97. The molecule has 0 aliphatic rings. The maximum absolute atomic E-state index is 11.4. The molecule has 2 aromatic carbocycles. The number of pyridine rings is 1. The Kier molecular flexibility index (Phi) is 2.93. The van der Waals surface area contributed by atoms with Gasteiger partial charge in [0, 0.05) is 18.1 Å². The van der Waals surface area contributed by atoms with E-state index in [-0.39, 0.29) is 0 Å². The van der Waals surface area contributed by atoms with Crippen molar-refractivity contribution in [1.82, 2.24) is 14.5 Å². The van der Waals surface area contributed by atoms with Crippen LogP contribution in [0, 0.1) is 0 Å². The zero-order valence-corrected chi connectivity index (χ0v) is 11.8. The SMILES string of the molecule is O=Cc1nc2c3cccnc3ccc2n1Cc1ccccc1. The quantitative estimate of drug-likeness (QED) is 0.542. The van der Waals surface area contributed by atoms with Crippen molar-refractivity contribution >= 4 is 28.2 Å². The maximum Gasteiger partial charge on any atom is 0.185 e. The van der Waals surface area contributed by atoms with Gasteiger partial charge in [0.15, 0.2) is 12.1 Å². The summed E-state index contributed by atoms with van der Waals surface area (Å²) in [5, 5.41) is 0.968. The van der Waals surface area contributed by atoms with E-state index < -0.39 is 0 Å². The summed E-state index contributed by atoms with van der Waals surface area (Å²) in [6.45, 7) is 0.622. The summed E-state index contributed by atoms with van der Waals surface area (Å²) >= 11 is 0. The lowest BCUT2D eigenvalue weighted by Crippen LogP contribution is -2.04. The fraction of sp³-hybridized carbons (Fsp3) is 0.0556. The molecule has 0 saturated heterocycles. The topological polar surface area (TPSA) is 47.8 Å². The van der Waals surface area contributed by atoms with Crippen LogP contribution in [0.2, 0.25) is 0 Å². The molecule has 0 radical (unpaired) electrons. The van der Waals surface area contributed by atoms with Crippen molar-refractivity contribution in [1.29, 1.82) is 0 Å². The minimum Gasteiger partial charge on any atom is -0.317 e. The van der Waals surface area contributed by atoms with Gasteiger partial charge in [-0.05, 0) is 29.8 Å². The third-order valence-electron chi connectivity index (χ3n) is 3.82. The molecule has 2 heterocycles. The summed E-state index contributed by atoms with van der Waals surface area (Å²) in [6, 6.07) is 17.9. The Morgan fingerprint density at radius 2 is 1.86 bits per heavy atom. The van der Waals surface area contributed by atoms with Gasteiger partial charge in [-0.1, -0.05) is 30.3 Å². The number of rotatable bonds is 3. The number of fused-ring (bicyclic) bond motifs is 3. The molecular formula is C18H13N3O. The first kappa shape index (κ1) is 12.7. The second-order valence-corrected chi connectivity index (χ2v) is 5.16. The molecule has 0 spiro atoms. The molecule has 4 heteroatoms. The van der Waals surface area contributed by atoms with Gasteiger partial charge in [0.2, 0.25) is 0 Å². The number of imidazole rings is 1. The molecule has 0 amide bonds. The average Bonchev–Trinajstić information content (AvgIpc) is 2.94. The van der Waals surface area contributed by atoms with Crippen LogP contribution >= 0.6 is 0 Å². The van der Waals surface area contributed by atoms with Crippen molar-refractivity contribution < 1.29 is 4.79 Å². The highest BCUT2D eigenvalue weighted by Gasteiger charge is 2.13. The van der Waals surface area contributed by atoms with Crippen molar-refractivity contribution in [2.75, 3.05) is 0 Å². The predicted molar refractivity (Wildman–Crippen MR) is 86.0 cm³/mol. The largest absolute Gasteiger partial charge is 0.317 e. The second-order valence-electron chi connectivity index (χ2n) is 5.16. The van der Waals surface area contributed by atoms with Gasteiger partial charge in [0.05, 0.1) is 16.6 Å². The Labute approximate surface area is 127 Å². The minimum atomic E-state index is 0.440. The first-order chi connectivity index (χ1) is 10.9. The van der Waals surface area contributed by atoms with E-state index >= 15 is 0 Å². The number of aldehydes is 1. The number of hydrogen-bond donors (Lipinski definition) is 0. The summed E-state index contributed by atoms with van der Waals surface area (Å²) in [7, 11) is 0. The Bertz CT molecular complexity index is 974. The molecule has 0 fully saturated rings. The molecule has 0 aliphatic carbocycles. The Hall–Kier alpha value is -3.01. The van der Waals surface area contributed by atoms with Crippen LogP contribution in [-0.2, 0) is 6.54 Å². The van der Waals surface area contributed by atoms with E-state index in [1.54, 1.807) is 6.20 Å². The van der Waals surface area contributed by atoms with Gasteiger partial charge in [0.25, 0.3) is 0 Å². The molecular weight excluding hydrogens is 274 g/mol. The molecule has 0 atom stereocenters. The molecule has 4 aromatic rings. The summed E-state index contributed by atoms with van der Waals surface area (Å²) in [5.74, 6) is 0.440. The fourth-order valence-corrected chi connectivity index (χ4v) is 2.78. The highest BCUT2D eigenvalue weighted by molar-refractivity contribution is 6.03. The van der Waals surface area contributed by atoms with Crippen molar-refractivity contribution in [3.63, 3.8) is 0 Å². The lowest BCUT2D eigenvalue weighted by Gasteiger charge is -2.06. The standard InChI is InChI=1S/C18H13N3O/c22-12-17-20-18-14-7-4-10-19-15(14)8-9-16(18)21(17)11-13-5-2-1-3-6-13/h1-10,12H,11H2. The molecule has 0 saturated carbocycles. The zero-order valence-electron chi connectivity index (χ0n) is 11.8. The van der Waals surface area contributed by atoms with E-state index in [1.807, 2.05) is 59.2 Å².